The summed E-state index contributed by atoms with van der Waals surface area (Å²) < 4.78 is 18.7. The van der Waals surface area contributed by atoms with Gasteiger partial charge in [0.25, 0.3) is 0 Å². The number of hydrogen-bond acceptors (Lipinski definition) is 7. The number of halogens is 1. The molecule has 1 aliphatic heterocycles. The molecular weight excluding hydrogens is 499 g/mol. The third-order valence-electron chi connectivity index (χ3n) is 8.40. The highest BCUT2D eigenvalue weighted by molar-refractivity contribution is 5.88. The molecule has 4 heterocycles. The van der Waals surface area contributed by atoms with Gasteiger partial charge in [-0.1, -0.05) is 6.07 Å². The number of hydrogen-bond donors (Lipinski definition) is 2. The maximum Gasteiger partial charge on any atom is 0.231 e. The van der Waals surface area contributed by atoms with E-state index in [0.29, 0.717) is 50.4 Å². The van der Waals surface area contributed by atoms with Crippen molar-refractivity contribution in [2.45, 2.75) is 44.9 Å². The molecule has 2 aliphatic rings. The zero-order valence-corrected chi connectivity index (χ0v) is 22.0. The topological polar surface area (TPSA) is 118 Å². The van der Waals surface area contributed by atoms with Gasteiger partial charge in [-0.25, -0.2) is 19.0 Å². The van der Waals surface area contributed by atoms with Crippen LogP contribution < -0.4 is 10.6 Å². The van der Waals surface area contributed by atoms with Gasteiger partial charge in [0.1, 0.15) is 23.6 Å². The van der Waals surface area contributed by atoms with Crippen LogP contribution in [-0.4, -0.2) is 72.0 Å². The van der Waals surface area contributed by atoms with Gasteiger partial charge in [-0.15, -0.1) is 0 Å². The predicted octanol–water partition coefficient (Wildman–Crippen LogP) is 2.48. The van der Waals surface area contributed by atoms with E-state index in [2.05, 4.69) is 20.0 Å². The van der Waals surface area contributed by atoms with Gasteiger partial charge < -0.3 is 20.3 Å². The van der Waals surface area contributed by atoms with Gasteiger partial charge in [0.05, 0.1) is 29.8 Å². The van der Waals surface area contributed by atoms with Crippen molar-refractivity contribution >= 4 is 22.8 Å². The first kappa shape index (κ1) is 25.4. The monoisotopic (exact) mass is 532 g/mol. The van der Waals surface area contributed by atoms with Crippen molar-refractivity contribution in [3.63, 3.8) is 0 Å². The summed E-state index contributed by atoms with van der Waals surface area (Å²) in [6, 6.07) is 8.90. The number of nitrogens with two attached hydrogens (primary N) is 1. The smallest absolute Gasteiger partial charge is 0.231 e. The van der Waals surface area contributed by atoms with Gasteiger partial charge in [-0.3, -0.25) is 9.69 Å². The SMILES string of the molecule is CCN(Cc1ccc(-n2cccn2)cc1F)c1ncnc2c1ccn2CC1(O)CCN(CC(N)=O)CC12CC2. The number of likely N-dealkylation sites (tertiary alicyclic amines) is 1. The number of anilines is 1. The van der Waals surface area contributed by atoms with Crippen LogP contribution in [0.2, 0.25) is 0 Å². The molecule has 3 N–H and O–H groups in total. The van der Waals surface area contributed by atoms with Crippen LogP contribution in [0.5, 0.6) is 0 Å². The molecule has 1 saturated carbocycles. The molecule has 1 amide bonds. The third kappa shape index (κ3) is 4.65. The average Bonchev–Trinajstić information content (AvgIpc) is 3.30. The molecule has 1 atom stereocenters. The van der Waals surface area contributed by atoms with Crippen molar-refractivity contribution in [2.75, 3.05) is 31.1 Å². The van der Waals surface area contributed by atoms with Crippen LogP contribution in [0.4, 0.5) is 10.2 Å². The first-order valence-corrected chi connectivity index (χ1v) is 13.4. The summed E-state index contributed by atoms with van der Waals surface area (Å²) in [7, 11) is 0. The van der Waals surface area contributed by atoms with E-state index in [0.717, 1.165) is 29.7 Å². The summed E-state index contributed by atoms with van der Waals surface area (Å²) in [4.78, 5) is 24.7. The van der Waals surface area contributed by atoms with E-state index in [1.54, 1.807) is 29.2 Å². The number of nitrogens with zero attached hydrogens (tertiary/aromatic N) is 7. The molecule has 2 fully saturated rings. The molecule has 11 heteroatoms. The molecule has 1 aliphatic carbocycles. The second-order valence-corrected chi connectivity index (χ2v) is 10.9. The Balaban J connectivity index is 1.24. The highest BCUT2D eigenvalue weighted by Gasteiger charge is 2.61. The fourth-order valence-corrected chi connectivity index (χ4v) is 6.06. The van der Waals surface area contributed by atoms with Gasteiger partial charge >= 0.3 is 0 Å². The van der Waals surface area contributed by atoms with E-state index < -0.39 is 5.60 Å². The van der Waals surface area contributed by atoms with Crippen LogP contribution in [0.1, 0.15) is 31.7 Å². The largest absolute Gasteiger partial charge is 0.387 e. The van der Waals surface area contributed by atoms with Crippen molar-refractivity contribution in [2.24, 2.45) is 11.1 Å². The van der Waals surface area contributed by atoms with E-state index in [1.165, 1.54) is 12.4 Å². The van der Waals surface area contributed by atoms with Crippen LogP contribution >= 0.6 is 0 Å². The lowest BCUT2D eigenvalue weighted by Crippen LogP contribution is -2.56. The number of piperidine rings is 1. The molecule has 1 aromatic carbocycles. The summed E-state index contributed by atoms with van der Waals surface area (Å²) in [5, 5.41) is 16.8. The molecule has 1 unspecified atom stereocenters. The zero-order chi connectivity index (χ0) is 27.2. The molecule has 39 heavy (non-hydrogen) atoms. The number of rotatable bonds is 9. The molecule has 0 bridgehead atoms. The second-order valence-electron chi connectivity index (χ2n) is 10.9. The van der Waals surface area contributed by atoms with Gasteiger partial charge in [0, 0.05) is 55.7 Å². The summed E-state index contributed by atoms with van der Waals surface area (Å²) in [6.45, 7) is 4.91. The Hall–Kier alpha value is -3.83. The standard InChI is InChI=1S/C28H33FN8O2/c1-2-35(15-20-4-5-21(14-23(20)29)37-11-3-10-33-37)25-22-6-12-36(26(22)32-19-31-25)18-28(39)9-13-34(16-24(30)38)17-27(28)7-8-27/h3-6,10-12,14,19,39H,2,7-9,13,15-18H2,1H3,(H2,30,38). The molecule has 1 saturated heterocycles. The van der Waals surface area contributed by atoms with Crippen LogP contribution in [-0.2, 0) is 17.9 Å². The molecular formula is C28H33FN8O2. The fraction of sp³-hybridized carbons (Fsp3) is 0.429. The maximum absolute atomic E-state index is 15.1. The number of aromatic nitrogens is 5. The molecule has 3 aromatic heterocycles. The highest BCUT2D eigenvalue weighted by Crippen LogP contribution is 2.58. The number of carbonyl (C=O) groups is 1. The Bertz CT molecular complexity index is 1500. The molecule has 204 valence electrons. The van der Waals surface area contributed by atoms with Crippen molar-refractivity contribution in [3.8, 4) is 5.69 Å². The lowest BCUT2D eigenvalue weighted by Gasteiger charge is -2.45. The Labute approximate surface area is 225 Å². The Morgan fingerprint density at radius 3 is 2.74 bits per heavy atom. The van der Waals surface area contributed by atoms with Gasteiger partial charge in [-0.2, -0.15) is 5.10 Å². The minimum absolute atomic E-state index is 0.223. The Morgan fingerprint density at radius 2 is 2.05 bits per heavy atom. The van der Waals surface area contributed by atoms with Crippen LogP contribution in [0.15, 0.2) is 55.2 Å². The van der Waals surface area contributed by atoms with Crippen molar-refractivity contribution in [3.05, 3.63) is 66.6 Å². The summed E-state index contributed by atoms with van der Waals surface area (Å²) in [5.74, 6) is 0.0799. The number of fused-ring (bicyclic) bond motifs is 1. The first-order chi connectivity index (χ1) is 18.8. The molecule has 4 aromatic rings. The highest BCUT2D eigenvalue weighted by atomic mass is 19.1. The Kier molecular flexibility index (Phi) is 6.35. The molecule has 1 spiro atoms. The number of carbonyl (C=O) groups excluding carboxylic acids is 1. The van der Waals surface area contributed by atoms with Crippen LogP contribution in [0.25, 0.3) is 16.7 Å². The van der Waals surface area contributed by atoms with Crippen LogP contribution in [0.3, 0.4) is 0 Å². The number of amides is 1. The average molecular weight is 533 g/mol. The fourth-order valence-electron chi connectivity index (χ4n) is 6.06. The summed E-state index contributed by atoms with van der Waals surface area (Å²) >= 11 is 0. The van der Waals surface area contributed by atoms with E-state index in [4.69, 9.17) is 5.73 Å². The quantitative estimate of drug-likeness (QED) is 0.340. The lowest BCUT2D eigenvalue weighted by atomic mass is 9.77. The normalized spacial score (nSPS) is 20.5. The minimum Gasteiger partial charge on any atom is -0.387 e. The van der Waals surface area contributed by atoms with E-state index in [1.807, 2.05) is 34.7 Å². The van der Waals surface area contributed by atoms with E-state index >= 15 is 4.39 Å². The summed E-state index contributed by atoms with van der Waals surface area (Å²) in [5.41, 5.74) is 6.24. The zero-order valence-electron chi connectivity index (χ0n) is 22.0. The van der Waals surface area contributed by atoms with Gasteiger partial charge in [0.15, 0.2) is 0 Å². The minimum atomic E-state index is -0.901. The molecule has 0 radical (unpaired) electrons. The maximum atomic E-state index is 15.1. The van der Waals surface area contributed by atoms with Gasteiger partial charge in [-0.05, 0) is 50.5 Å². The first-order valence-electron chi connectivity index (χ1n) is 13.4. The number of primary amides is 1. The lowest BCUT2D eigenvalue weighted by molar-refractivity contribution is -0.125. The van der Waals surface area contributed by atoms with E-state index in [9.17, 15) is 9.90 Å². The summed E-state index contributed by atoms with van der Waals surface area (Å²) in [6.07, 6.45) is 9.32. The number of aliphatic hydroxyl groups is 1. The van der Waals surface area contributed by atoms with Crippen molar-refractivity contribution in [1.29, 1.82) is 0 Å². The Morgan fingerprint density at radius 1 is 1.21 bits per heavy atom. The van der Waals surface area contributed by atoms with Crippen molar-refractivity contribution < 1.29 is 14.3 Å². The van der Waals surface area contributed by atoms with E-state index in [-0.39, 0.29) is 23.7 Å². The third-order valence-corrected chi connectivity index (χ3v) is 8.40. The van der Waals surface area contributed by atoms with Gasteiger partial charge in [0.2, 0.25) is 5.91 Å². The van der Waals surface area contributed by atoms with Crippen LogP contribution in [0, 0.1) is 11.2 Å². The second kappa shape index (κ2) is 9.73. The van der Waals surface area contributed by atoms with Crippen molar-refractivity contribution in [1.82, 2.24) is 29.2 Å². The molecule has 10 nitrogen and oxygen atoms in total. The molecule has 6 rings (SSSR count). The number of benzene rings is 1. The predicted molar refractivity (Wildman–Crippen MR) is 145 cm³/mol.